The molecule has 2 rings (SSSR count). The van der Waals surface area contributed by atoms with Gasteiger partial charge in [0.2, 0.25) is 15.9 Å². The lowest BCUT2D eigenvalue weighted by atomic mass is 10.2. The van der Waals surface area contributed by atoms with E-state index in [0.717, 1.165) is 23.8 Å². The summed E-state index contributed by atoms with van der Waals surface area (Å²) in [4.78, 5) is 23.4. The Kier molecular flexibility index (Phi) is 7.42. The standard InChI is InChI=1S/C19H20FN3O4S/c1-2-10-23-28(26,27)17-11-15(8-9-16(17)20)19(25)22-13-18(24)21-12-14-6-4-3-5-7-14/h2-9,11,23H,1,10,12-13H2,(H,21,24)(H,22,25). The van der Waals surface area contributed by atoms with Crippen LogP contribution in [-0.4, -0.2) is 33.3 Å². The zero-order valence-corrected chi connectivity index (χ0v) is 15.8. The first-order valence-electron chi connectivity index (χ1n) is 8.32. The van der Waals surface area contributed by atoms with Crippen LogP contribution in [0.1, 0.15) is 15.9 Å². The summed E-state index contributed by atoms with van der Waals surface area (Å²) in [7, 11) is -4.14. The van der Waals surface area contributed by atoms with E-state index in [9.17, 15) is 22.4 Å². The van der Waals surface area contributed by atoms with Crippen molar-refractivity contribution in [1.29, 1.82) is 0 Å². The van der Waals surface area contributed by atoms with Crippen molar-refractivity contribution < 1.29 is 22.4 Å². The van der Waals surface area contributed by atoms with Crippen molar-refractivity contribution in [2.45, 2.75) is 11.4 Å². The van der Waals surface area contributed by atoms with Gasteiger partial charge in [-0.3, -0.25) is 9.59 Å². The van der Waals surface area contributed by atoms with Gasteiger partial charge in [0.15, 0.2) is 0 Å². The first kappa shape index (κ1) is 21.3. The van der Waals surface area contributed by atoms with Gasteiger partial charge < -0.3 is 10.6 Å². The third-order valence-electron chi connectivity index (χ3n) is 3.64. The fourth-order valence-corrected chi connectivity index (χ4v) is 3.32. The molecule has 148 valence electrons. The van der Waals surface area contributed by atoms with Crippen LogP contribution in [0.4, 0.5) is 4.39 Å². The molecule has 0 bridgehead atoms. The molecular weight excluding hydrogens is 385 g/mol. The van der Waals surface area contributed by atoms with Gasteiger partial charge in [-0.25, -0.2) is 17.5 Å². The van der Waals surface area contributed by atoms with Gasteiger partial charge in [-0.15, -0.1) is 6.58 Å². The highest BCUT2D eigenvalue weighted by molar-refractivity contribution is 7.89. The maximum Gasteiger partial charge on any atom is 0.251 e. The fourth-order valence-electron chi connectivity index (χ4n) is 2.22. The molecule has 0 fully saturated rings. The second kappa shape index (κ2) is 9.77. The largest absolute Gasteiger partial charge is 0.350 e. The number of nitrogens with one attached hydrogen (secondary N) is 3. The van der Waals surface area contributed by atoms with Gasteiger partial charge in [0.25, 0.3) is 5.91 Å². The predicted octanol–water partition coefficient (Wildman–Crippen LogP) is 1.34. The first-order chi connectivity index (χ1) is 13.3. The van der Waals surface area contributed by atoms with Crippen LogP contribution >= 0.6 is 0 Å². The van der Waals surface area contributed by atoms with Crippen molar-refractivity contribution in [1.82, 2.24) is 15.4 Å². The lowest BCUT2D eigenvalue weighted by Gasteiger charge is -2.10. The van der Waals surface area contributed by atoms with Crippen LogP contribution in [0.2, 0.25) is 0 Å². The van der Waals surface area contributed by atoms with E-state index in [1.54, 1.807) is 0 Å². The molecule has 0 aromatic heterocycles. The summed E-state index contributed by atoms with van der Waals surface area (Å²) >= 11 is 0. The van der Waals surface area contributed by atoms with Gasteiger partial charge in [0.1, 0.15) is 10.7 Å². The Morgan fingerprint density at radius 1 is 1.07 bits per heavy atom. The number of amides is 2. The Labute approximate surface area is 162 Å². The van der Waals surface area contributed by atoms with Crippen LogP contribution in [-0.2, 0) is 21.4 Å². The smallest absolute Gasteiger partial charge is 0.251 e. The number of carbonyl (C=O) groups excluding carboxylic acids is 2. The van der Waals surface area contributed by atoms with Crippen LogP contribution in [0, 0.1) is 5.82 Å². The van der Waals surface area contributed by atoms with Crippen molar-refractivity contribution >= 4 is 21.8 Å². The lowest BCUT2D eigenvalue weighted by molar-refractivity contribution is -0.120. The van der Waals surface area contributed by atoms with E-state index in [-0.39, 0.29) is 18.7 Å². The van der Waals surface area contributed by atoms with Crippen molar-refractivity contribution in [3.63, 3.8) is 0 Å². The molecular formula is C19H20FN3O4S. The van der Waals surface area contributed by atoms with Gasteiger partial charge in [-0.2, -0.15) is 0 Å². The van der Waals surface area contributed by atoms with Gasteiger partial charge in [0, 0.05) is 18.7 Å². The average Bonchev–Trinajstić information content (AvgIpc) is 2.70. The van der Waals surface area contributed by atoms with Crippen LogP contribution in [0.5, 0.6) is 0 Å². The molecule has 0 aliphatic rings. The van der Waals surface area contributed by atoms with Gasteiger partial charge in [-0.05, 0) is 23.8 Å². The number of carbonyl (C=O) groups is 2. The molecule has 28 heavy (non-hydrogen) atoms. The molecule has 0 unspecified atom stereocenters. The van der Waals surface area contributed by atoms with Gasteiger partial charge in [0.05, 0.1) is 6.54 Å². The third-order valence-corrected chi connectivity index (χ3v) is 5.08. The van der Waals surface area contributed by atoms with E-state index in [2.05, 4.69) is 21.9 Å². The minimum Gasteiger partial charge on any atom is -0.350 e. The maximum absolute atomic E-state index is 13.9. The molecule has 7 nitrogen and oxygen atoms in total. The summed E-state index contributed by atoms with van der Waals surface area (Å²) in [6.45, 7) is 3.30. The van der Waals surface area contributed by atoms with E-state index >= 15 is 0 Å². The highest BCUT2D eigenvalue weighted by Gasteiger charge is 2.20. The summed E-state index contributed by atoms with van der Waals surface area (Å²) in [5.41, 5.74) is 0.818. The second-order valence-electron chi connectivity index (χ2n) is 5.73. The van der Waals surface area contributed by atoms with Crippen molar-refractivity contribution in [3.8, 4) is 0 Å². The summed E-state index contributed by atoms with van der Waals surface area (Å²) in [5.74, 6) is -2.11. The Morgan fingerprint density at radius 3 is 2.46 bits per heavy atom. The molecule has 0 saturated carbocycles. The lowest BCUT2D eigenvalue weighted by Crippen LogP contribution is -2.36. The Morgan fingerprint density at radius 2 is 1.79 bits per heavy atom. The van der Waals surface area contributed by atoms with E-state index in [4.69, 9.17) is 0 Å². The molecule has 0 aliphatic carbocycles. The van der Waals surface area contributed by atoms with Crippen molar-refractivity contribution in [2.24, 2.45) is 0 Å². The van der Waals surface area contributed by atoms with Crippen LogP contribution in [0.3, 0.4) is 0 Å². The molecule has 0 aliphatic heterocycles. The van der Waals surface area contributed by atoms with Crippen molar-refractivity contribution in [2.75, 3.05) is 13.1 Å². The monoisotopic (exact) mass is 405 g/mol. The van der Waals surface area contributed by atoms with Crippen molar-refractivity contribution in [3.05, 3.63) is 78.1 Å². The molecule has 0 spiro atoms. The number of hydrogen-bond acceptors (Lipinski definition) is 4. The zero-order chi connectivity index (χ0) is 20.6. The number of rotatable bonds is 9. The zero-order valence-electron chi connectivity index (χ0n) is 14.9. The summed E-state index contributed by atoms with van der Waals surface area (Å²) in [5, 5.41) is 5.02. The van der Waals surface area contributed by atoms with E-state index in [1.807, 2.05) is 30.3 Å². The fraction of sp³-hybridized carbons (Fsp3) is 0.158. The van der Waals surface area contributed by atoms with Crippen LogP contribution in [0.25, 0.3) is 0 Å². The summed E-state index contributed by atoms with van der Waals surface area (Å²) < 4.78 is 40.2. The summed E-state index contributed by atoms with van der Waals surface area (Å²) in [6, 6.07) is 12.2. The van der Waals surface area contributed by atoms with E-state index in [1.165, 1.54) is 6.08 Å². The molecule has 9 heteroatoms. The maximum atomic E-state index is 13.9. The quantitative estimate of drug-likeness (QED) is 0.548. The predicted molar refractivity (Wildman–Crippen MR) is 102 cm³/mol. The SMILES string of the molecule is C=CCNS(=O)(=O)c1cc(C(=O)NCC(=O)NCc2ccccc2)ccc1F. The average molecular weight is 405 g/mol. The molecule has 3 N–H and O–H groups in total. The Balaban J connectivity index is 1.97. The Bertz CT molecular complexity index is 962. The molecule has 2 aromatic rings. The van der Waals surface area contributed by atoms with Gasteiger partial charge in [-0.1, -0.05) is 36.4 Å². The normalized spacial score (nSPS) is 10.9. The second-order valence-corrected chi connectivity index (χ2v) is 7.47. The highest BCUT2D eigenvalue weighted by atomic mass is 32.2. The van der Waals surface area contributed by atoms with Gasteiger partial charge >= 0.3 is 0 Å². The van der Waals surface area contributed by atoms with Crippen LogP contribution < -0.4 is 15.4 Å². The summed E-state index contributed by atoms with van der Waals surface area (Å²) in [6.07, 6.45) is 1.31. The molecule has 0 radical (unpaired) electrons. The first-order valence-corrected chi connectivity index (χ1v) is 9.80. The number of hydrogen-bond donors (Lipinski definition) is 3. The topological polar surface area (TPSA) is 104 Å². The minimum absolute atomic E-state index is 0.0835. The molecule has 0 saturated heterocycles. The van der Waals surface area contributed by atoms with E-state index < -0.39 is 32.6 Å². The Hall–Kier alpha value is -3.04. The molecule has 2 aromatic carbocycles. The highest BCUT2D eigenvalue weighted by Crippen LogP contribution is 2.16. The number of halogens is 1. The molecule has 0 heterocycles. The van der Waals surface area contributed by atoms with Crippen LogP contribution in [0.15, 0.2) is 66.1 Å². The molecule has 2 amide bonds. The number of benzene rings is 2. The number of sulfonamides is 1. The molecule has 0 atom stereocenters. The van der Waals surface area contributed by atoms with E-state index in [0.29, 0.717) is 6.54 Å². The minimum atomic E-state index is -4.14. The third kappa shape index (κ3) is 6.00.